The second kappa shape index (κ2) is 7.62. The van der Waals surface area contributed by atoms with Gasteiger partial charge >= 0.3 is 0 Å². The summed E-state index contributed by atoms with van der Waals surface area (Å²) in [4.78, 5) is 0. The predicted octanol–water partition coefficient (Wildman–Crippen LogP) is 2.04. The molecule has 1 aromatic carbocycles. The first-order chi connectivity index (χ1) is 8.94. The van der Waals surface area contributed by atoms with E-state index in [2.05, 4.69) is 11.6 Å². The minimum atomic E-state index is -3.24. The largest absolute Gasteiger partial charge is 0.323 e. The van der Waals surface area contributed by atoms with Crippen LogP contribution in [0.4, 0.5) is 0 Å². The fourth-order valence-electron chi connectivity index (χ4n) is 2.04. The van der Waals surface area contributed by atoms with E-state index in [1.165, 1.54) is 0 Å². The quantitative estimate of drug-likeness (QED) is 0.767. The van der Waals surface area contributed by atoms with E-state index in [1.54, 1.807) is 0 Å². The second-order valence-electron chi connectivity index (χ2n) is 5.04. The standard InChI is InChI=1S/C14H24N2O2S/c1-3-7-12(2)11-19(17,18)16-10-14(15)13-8-5-4-6-9-13/h4-6,8-9,12,14,16H,3,7,10-11,15H2,1-2H3. The van der Waals surface area contributed by atoms with Crippen molar-refractivity contribution in [3.8, 4) is 0 Å². The number of hydrogen-bond donors (Lipinski definition) is 2. The highest BCUT2D eigenvalue weighted by molar-refractivity contribution is 7.89. The van der Waals surface area contributed by atoms with E-state index < -0.39 is 10.0 Å². The zero-order chi connectivity index (χ0) is 14.3. The molecule has 0 aliphatic rings. The third kappa shape index (κ3) is 6.18. The number of nitrogens with one attached hydrogen (secondary N) is 1. The molecule has 0 aromatic heterocycles. The van der Waals surface area contributed by atoms with E-state index in [0.717, 1.165) is 18.4 Å². The van der Waals surface area contributed by atoms with E-state index in [4.69, 9.17) is 5.73 Å². The van der Waals surface area contributed by atoms with Crippen molar-refractivity contribution in [2.45, 2.75) is 32.7 Å². The Morgan fingerprint density at radius 3 is 2.47 bits per heavy atom. The van der Waals surface area contributed by atoms with E-state index in [-0.39, 0.29) is 24.3 Å². The third-order valence-electron chi connectivity index (χ3n) is 3.04. The fourth-order valence-corrected chi connectivity index (χ4v) is 3.51. The summed E-state index contributed by atoms with van der Waals surface area (Å²) >= 11 is 0. The molecule has 0 bridgehead atoms. The molecule has 4 nitrogen and oxygen atoms in total. The van der Waals surface area contributed by atoms with Crippen LogP contribution in [0.5, 0.6) is 0 Å². The van der Waals surface area contributed by atoms with Crippen molar-refractivity contribution in [1.29, 1.82) is 0 Å². The molecule has 0 aliphatic carbocycles. The molecule has 3 N–H and O–H groups in total. The van der Waals surface area contributed by atoms with Crippen molar-refractivity contribution in [3.05, 3.63) is 35.9 Å². The molecule has 1 rings (SSSR count). The molecule has 0 amide bonds. The summed E-state index contributed by atoms with van der Waals surface area (Å²) in [6.07, 6.45) is 1.92. The maximum Gasteiger partial charge on any atom is 0.211 e. The first-order valence-electron chi connectivity index (χ1n) is 6.72. The van der Waals surface area contributed by atoms with Crippen molar-refractivity contribution in [3.63, 3.8) is 0 Å². The van der Waals surface area contributed by atoms with Crippen LogP contribution in [0.15, 0.2) is 30.3 Å². The van der Waals surface area contributed by atoms with E-state index >= 15 is 0 Å². The van der Waals surface area contributed by atoms with E-state index in [1.807, 2.05) is 37.3 Å². The minimum Gasteiger partial charge on any atom is -0.323 e. The molecule has 19 heavy (non-hydrogen) atoms. The molecule has 0 saturated heterocycles. The predicted molar refractivity (Wildman–Crippen MR) is 79.2 cm³/mol. The van der Waals surface area contributed by atoms with Gasteiger partial charge in [-0.3, -0.25) is 0 Å². The maximum atomic E-state index is 11.9. The first kappa shape index (κ1) is 16.1. The van der Waals surface area contributed by atoms with Crippen molar-refractivity contribution in [2.24, 2.45) is 11.7 Å². The average molecular weight is 284 g/mol. The van der Waals surface area contributed by atoms with Gasteiger partial charge < -0.3 is 5.73 Å². The molecule has 2 unspecified atom stereocenters. The van der Waals surface area contributed by atoms with Gasteiger partial charge in [0.05, 0.1) is 5.75 Å². The van der Waals surface area contributed by atoms with E-state index in [0.29, 0.717) is 0 Å². The summed E-state index contributed by atoms with van der Waals surface area (Å²) in [5.74, 6) is 0.345. The number of sulfonamides is 1. The Labute approximate surface area is 116 Å². The Morgan fingerprint density at radius 2 is 1.89 bits per heavy atom. The average Bonchev–Trinajstić information content (AvgIpc) is 2.37. The summed E-state index contributed by atoms with van der Waals surface area (Å²) in [6, 6.07) is 9.20. The van der Waals surface area contributed by atoms with Crippen LogP contribution in [0.3, 0.4) is 0 Å². The molecular formula is C14H24N2O2S. The van der Waals surface area contributed by atoms with Crippen LogP contribution in [0.1, 0.15) is 38.3 Å². The second-order valence-corrected chi connectivity index (χ2v) is 6.89. The number of nitrogens with two attached hydrogens (primary N) is 1. The molecule has 0 fully saturated rings. The van der Waals surface area contributed by atoms with Crippen LogP contribution < -0.4 is 10.5 Å². The fraction of sp³-hybridized carbons (Fsp3) is 0.571. The van der Waals surface area contributed by atoms with Gasteiger partial charge in [0.15, 0.2) is 0 Å². The Hall–Kier alpha value is -0.910. The van der Waals surface area contributed by atoms with E-state index in [9.17, 15) is 8.42 Å². The Balaban J connectivity index is 2.47. The zero-order valence-corrected chi connectivity index (χ0v) is 12.5. The van der Waals surface area contributed by atoms with Gasteiger partial charge in [0.25, 0.3) is 0 Å². The van der Waals surface area contributed by atoms with Crippen LogP contribution in [-0.4, -0.2) is 20.7 Å². The molecule has 5 heteroatoms. The lowest BCUT2D eigenvalue weighted by molar-refractivity contribution is 0.532. The normalized spacial score (nSPS) is 15.1. The van der Waals surface area contributed by atoms with Gasteiger partial charge in [-0.05, 0) is 17.9 Å². The summed E-state index contributed by atoms with van der Waals surface area (Å²) in [5, 5.41) is 0. The highest BCUT2D eigenvalue weighted by Crippen LogP contribution is 2.10. The van der Waals surface area contributed by atoms with Crippen LogP contribution in [0, 0.1) is 5.92 Å². The molecular weight excluding hydrogens is 260 g/mol. The van der Waals surface area contributed by atoms with Crippen LogP contribution in [0.2, 0.25) is 0 Å². The highest BCUT2D eigenvalue weighted by Gasteiger charge is 2.16. The minimum absolute atomic E-state index is 0.169. The van der Waals surface area contributed by atoms with Gasteiger partial charge in [-0.2, -0.15) is 0 Å². The molecule has 0 aliphatic heterocycles. The molecule has 2 atom stereocenters. The van der Waals surface area contributed by atoms with Crippen LogP contribution >= 0.6 is 0 Å². The lowest BCUT2D eigenvalue weighted by atomic mass is 10.1. The first-order valence-corrected chi connectivity index (χ1v) is 8.37. The Kier molecular flexibility index (Phi) is 6.48. The van der Waals surface area contributed by atoms with Crippen molar-refractivity contribution >= 4 is 10.0 Å². The topological polar surface area (TPSA) is 72.2 Å². The Morgan fingerprint density at radius 1 is 1.26 bits per heavy atom. The van der Waals surface area contributed by atoms with Gasteiger partial charge in [-0.1, -0.05) is 50.6 Å². The lowest BCUT2D eigenvalue weighted by Crippen LogP contribution is -2.35. The molecule has 0 saturated carbocycles. The summed E-state index contributed by atoms with van der Waals surface area (Å²) in [6.45, 7) is 4.26. The smallest absolute Gasteiger partial charge is 0.211 e. The molecule has 108 valence electrons. The van der Waals surface area contributed by atoms with Crippen molar-refractivity contribution < 1.29 is 8.42 Å². The summed E-state index contributed by atoms with van der Waals surface area (Å²) in [5.41, 5.74) is 6.90. The maximum absolute atomic E-state index is 11.9. The Bertz CT molecular complexity index is 460. The van der Waals surface area contributed by atoms with Gasteiger partial charge in [0, 0.05) is 12.6 Å². The van der Waals surface area contributed by atoms with Crippen molar-refractivity contribution in [2.75, 3.05) is 12.3 Å². The van der Waals surface area contributed by atoms with Gasteiger partial charge in [-0.15, -0.1) is 0 Å². The molecule has 1 aromatic rings. The highest BCUT2D eigenvalue weighted by atomic mass is 32.2. The number of rotatable bonds is 8. The SMILES string of the molecule is CCCC(C)CS(=O)(=O)NCC(N)c1ccccc1. The van der Waals surface area contributed by atoms with Crippen molar-refractivity contribution in [1.82, 2.24) is 4.72 Å². The third-order valence-corrected chi connectivity index (χ3v) is 4.65. The van der Waals surface area contributed by atoms with Gasteiger partial charge in [-0.25, -0.2) is 13.1 Å². The monoisotopic (exact) mass is 284 g/mol. The molecule has 0 heterocycles. The zero-order valence-electron chi connectivity index (χ0n) is 11.7. The summed E-state index contributed by atoms with van der Waals surface area (Å²) < 4.78 is 26.4. The number of benzene rings is 1. The number of hydrogen-bond acceptors (Lipinski definition) is 3. The summed E-state index contributed by atoms with van der Waals surface area (Å²) in [7, 11) is -3.24. The molecule has 0 radical (unpaired) electrons. The van der Waals surface area contributed by atoms with Crippen LogP contribution in [-0.2, 0) is 10.0 Å². The molecule has 0 spiro atoms. The van der Waals surface area contributed by atoms with Gasteiger partial charge in [0.2, 0.25) is 10.0 Å². The van der Waals surface area contributed by atoms with Gasteiger partial charge in [0.1, 0.15) is 0 Å². The lowest BCUT2D eigenvalue weighted by Gasteiger charge is -2.15. The van der Waals surface area contributed by atoms with Crippen LogP contribution in [0.25, 0.3) is 0 Å².